The summed E-state index contributed by atoms with van der Waals surface area (Å²) >= 11 is 1.43. The van der Waals surface area contributed by atoms with E-state index in [2.05, 4.69) is 40.9 Å². The van der Waals surface area contributed by atoms with Gasteiger partial charge in [0.05, 0.1) is 11.6 Å². The van der Waals surface area contributed by atoms with Gasteiger partial charge >= 0.3 is 0 Å². The van der Waals surface area contributed by atoms with Crippen LogP contribution in [0.1, 0.15) is 37.1 Å². The highest BCUT2D eigenvalue weighted by molar-refractivity contribution is 7.07. The van der Waals surface area contributed by atoms with Gasteiger partial charge in [0.15, 0.2) is 11.5 Å². The number of hydrogen-bond acceptors (Lipinski definition) is 7. The van der Waals surface area contributed by atoms with Crippen molar-refractivity contribution >= 4 is 28.7 Å². The van der Waals surface area contributed by atoms with E-state index in [4.69, 9.17) is 5.10 Å². The topological polar surface area (TPSA) is 79.5 Å². The number of carbonyl (C=O) groups is 1. The van der Waals surface area contributed by atoms with E-state index < -0.39 is 0 Å². The van der Waals surface area contributed by atoms with Gasteiger partial charge in [-0.25, -0.2) is 4.98 Å². The summed E-state index contributed by atoms with van der Waals surface area (Å²) in [5, 5.41) is 15.0. The average Bonchev–Trinajstić information content (AvgIpc) is 3.21. The molecular weight excluding hydrogens is 350 g/mol. The molecule has 1 aliphatic rings. The van der Waals surface area contributed by atoms with Crippen LogP contribution in [0.5, 0.6) is 0 Å². The van der Waals surface area contributed by atoms with Crippen LogP contribution in [0, 0.1) is 0 Å². The summed E-state index contributed by atoms with van der Waals surface area (Å²) in [6, 6.07) is 4.04. The van der Waals surface area contributed by atoms with Gasteiger partial charge in [-0.1, -0.05) is 20.8 Å². The zero-order chi connectivity index (χ0) is 18.5. The maximum atomic E-state index is 12.4. The minimum Gasteiger partial charge on any atom is -0.351 e. The minimum absolute atomic E-state index is 0.0341. The zero-order valence-electron chi connectivity index (χ0n) is 15.2. The van der Waals surface area contributed by atoms with Crippen LogP contribution in [-0.2, 0) is 5.41 Å². The Bertz CT molecular complexity index is 938. The molecule has 136 valence electrons. The van der Waals surface area contributed by atoms with Gasteiger partial charge in [-0.3, -0.25) is 4.79 Å². The molecule has 1 fully saturated rings. The van der Waals surface area contributed by atoms with Gasteiger partial charge in [-0.2, -0.15) is 4.52 Å². The Hall–Kier alpha value is -2.55. The summed E-state index contributed by atoms with van der Waals surface area (Å²) in [6.45, 7) is 7.78. The third-order valence-electron chi connectivity index (χ3n) is 4.63. The van der Waals surface area contributed by atoms with Gasteiger partial charge in [-0.15, -0.1) is 26.6 Å². The molecule has 1 aliphatic heterocycles. The van der Waals surface area contributed by atoms with Gasteiger partial charge in [0.25, 0.3) is 5.91 Å². The molecule has 0 aromatic carbocycles. The predicted octanol–water partition coefficient (Wildman–Crippen LogP) is 1.84. The molecule has 8 nitrogen and oxygen atoms in total. The van der Waals surface area contributed by atoms with E-state index in [9.17, 15) is 4.79 Å². The first-order valence-corrected chi connectivity index (χ1v) is 9.42. The van der Waals surface area contributed by atoms with Gasteiger partial charge in [0, 0.05) is 30.9 Å². The van der Waals surface area contributed by atoms with E-state index in [0.29, 0.717) is 5.69 Å². The summed E-state index contributed by atoms with van der Waals surface area (Å²) in [5.41, 5.74) is 2.79. The zero-order valence-corrected chi connectivity index (χ0v) is 16.1. The fourth-order valence-electron chi connectivity index (χ4n) is 2.97. The standard InChI is InChI=1S/C17H21N7OS/c1-17(2,3)16-20-19-13-5-6-14(21-24(13)16)23-7-11(8-23)22(4)15(25)12-9-26-10-18-12/h5-6,9-11H,7-8H2,1-4H3. The molecule has 3 aromatic heterocycles. The molecule has 4 heterocycles. The van der Waals surface area contributed by atoms with Crippen LogP contribution in [0.2, 0.25) is 0 Å². The molecule has 26 heavy (non-hydrogen) atoms. The van der Waals surface area contributed by atoms with Gasteiger partial charge < -0.3 is 9.80 Å². The molecular formula is C17H21N7OS. The van der Waals surface area contributed by atoms with Gasteiger partial charge in [-0.05, 0) is 12.1 Å². The lowest BCUT2D eigenvalue weighted by Gasteiger charge is -2.44. The quantitative estimate of drug-likeness (QED) is 0.699. The Morgan fingerprint density at radius 2 is 2.04 bits per heavy atom. The van der Waals surface area contributed by atoms with Crippen molar-refractivity contribution in [2.75, 3.05) is 25.0 Å². The number of nitrogens with zero attached hydrogens (tertiary/aromatic N) is 7. The number of amides is 1. The fourth-order valence-corrected chi connectivity index (χ4v) is 3.49. The molecule has 0 spiro atoms. The van der Waals surface area contributed by atoms with Gasteiger partial charge in [0.2, 0.25) is 0 Å². The minimum atomic E-state index is -0.136. The van der Waals surface area contributed by atoms with Crippen molar-refractivity contribution in [3.63, 3.8) is 0 Å². The van der Waals surface area contributed by atoms with Crippen LogP contribution in [0.4, 0.5) is 5.82 Å². The molecule has 4 rings (SSSR count). The highest BCUT2D eigenvalue weighted by Crippen LogP contribution is 2.25. The number of likely N-dealkylation sites (N-methyl/N-ethyl adjacent to an activating group) is 1. The smallest absolute Gasteiger partial charge is 0.273 e. The summed E-state index contributed by atoms with van der Waals surface area (Å²) in [5.74, 6) is 1.67. The Balaban J connectivity index is 1.49. The second kappa shape index (κ2) is 6.01. The van der Waals surface area contributed by atoms with Crippen LogP contribution in [-0.4, -0.2) is 61.8 Å². The molecule has 0 N–H and O–H groups in total. The molecule has 0 aliphatic carbocycles. The van der Waals surface area contributed by atoms with Gasteiger partial charge in [0.1, 0.15) is 11.5 Å². The number of thiazole rings is 1. The van der Waals surface area contributed by atoms with Crippen molar-refractivity contribution in [3.05, 3.63) is 34.5 Å². The van der Waals surface area contributed by atoms with E-state index in [-0.39, 0.29) is 17.4 Å². The van der Waals surface area contributed by atoms with Crippen LogP contribution in [0.25, 0.3) is 5.65 Å². The van der Waals surface area contributed by atoms with Crippen molar-refractivity contribution < 1.29 is 4.79 Å². The summed E-state index contributed by atoms with van der Waals surface area (Å²) in [6.07, 6.45) is 0. The lowest BCUT2D eigenvalue weighted by molar-refractivity contribution is 0.0700. The molecule has 0 bridgehead atoms. The molecule has 9 heteroatoms. The van der Waals surface area contributed by atoms with Crippen molar-refractivity contribution in [2.45, 2.75) is 32.2 Å². The maximum absolute atomic E-state index is 12.4. The second-order valence-corrected chi connectivity index (χ2v) is 8.30. The van der Waals surface area contributed by atoms with Crippen molar-refractivity contribution in [1.82, 2.24) is 29.7 Å². The number of carbonyl (C=O) groups excluding carboxylic acids is 1. The molecule has 0 saturated carbocycles. The Morgan fingerprint density at radius 1 is 1.27 bits per heavy atom. The van der Waals surface area contributed by atoms with Crippen LogP contribution in [0.3, 0.4) is 0 Å². The van der Waals surface area contributed by atoms with Crippen LogP contribution >= 0.6 is 11.3 Å². The summed E-state index contributed by atoms with van der Waals surface area (Å²) in [4.78, 5) is 20.4. The van der Waals surface area contributed by atoms with E-state index in [0.717, 1.165) is 30.4 Å². The Labute approximate surface area is 155 Å². The second-order valence-electron chi connectivity index (χ2n) is 7.58. The Morgan fingerprint density at radius 3 is 2.69 bits per heavy atom. The highest BCUT2D eigenvalue weighted by atomic mass is 32.1. The van der Waals surface area contributed by atoms with E-state index >= 15 is 0 Å². The summed E-state index contributed by atoms with van der Waals surface area (Å²) in [7, 11) is 1.83. The molecule has 1 amide bonds. The first kappa shape index (κ1) is 16.9. The Kier molecular flexibility index (Phi) is 3.91. The molecule has 3 aromatic rings. The van der Waals surface area contributed by atoms with Crippen molar-refractivity contribution in [1.29, 1.82) is 0 Å². The third-order valence-corrected chi connectivity index (χ3v) is 5.21. The first-order chi connectivity index (χ1) is 12.3. The normalized spacial score (nSPS) is 15.3. The lowest BCUT2D eigenvalue weighted by atomic mass is 9.96. The predicted molar refractivity (Wildman–Crippen MR) is 99.7 cm³/mol. The number of hydrogen-bond donors (Lipinski definition) is 0. The summed E-state index contributed by atoms with van der Waals surface area (Å²) < 4.78 is 1.81. The number of aromatic nitrogens is 5. The van der Waals surface area contributed by atoms with E-state index in [1.807, 2.05) is 23.7 Å². The number of anilines is 1. The van der Waals surface area contributed by atoms with Crippen LogP contribution in [0.15, 0.2) is 23.0 Å². The molecule has 1 saturated heterocycles. The molecule has 0 atom stereocenters. The van der Waals surface area contributed by atoms with Crippen molar-refractivity contribution in [3.8, 4) is 0 Å². The molecule has 0 unspecified atom stereocenters. The SMILES string of the molecule is CN(C(=O)c1cscn1)C1CN(c2ccc3nnc(C(C)(C)C)n3n2)C1. The van der Waals surface area contributed by atoms with E-state index in [1.165, 1.54) is 11.3 Å². The average molecular weight is 371 g/mol. The lowest BCUT2D eigenvalue weighted by Crippen LogP contribution is -2.60. The third kappa shape index (κ3) is 2.82. The number of rotatable bonds is 3. The first-order valence-electron chi connectivity index (χ1n) is 8.48. The van der Waals surface area contributed by atoms with Crippen molar-refractivity contribution in [2.24, 2.45) is 0 Å². The monoisotopic (exact) mass is 371 g/mol. The van der Waals surface area contributed by atoms with Crippen LogP contribution < -0.4 is 4.90 Å². The van der Waals surface area contributed by atoms with E-state index in [1.54, 1.807) is 15.8 Å². The fraction of sp³-hybridized carbons (Fsp3) is 0.471. The maximum Gasteiger partial charge on any atom is 0.273 e. The molecule has 0 radical (unpaired) electrons. The number of fused-ring (bicyclic) bond motifs is 1. The largest absolute Gasteiger partial charge is 0.351 e. The highest BCUT2D eigenvalue weighted by Gasteiger charge is 2.34.